The second-order valence-electron chi connectivity index (χ2n) is 6.07. The average Bonchev–Trinajstić information content (AvgIpc) is 3.30. The summed E-state index contributed by atoms with van der Waals surface area (Å²) >= 11 is 0. The van der Waals surface area contributed by atoms with Crippen LogP contribution in [0.25, 0.3) is 0 Å². The van der Waals surface area contributed by atoms with Gasteiger partial charge >= 0.3 is 0 Å². The molecule has 0 heterocycles. The maximum atomic E-state index is 13.2. The fourth-order valence-electron chi connectivity index (χ4n) is 2.56. The molecule has 1 atom stereocenters. The Labute approximate surface area is 126 Å². The van der Waals surface area contributed by atoms with E-state index in [2.05, 4.69) is 12.2 Å². The van der Waals surface area contributed by atoms with E-state index >= 15 is 0 Å². The third-order valence-corrected chi connectivity index (χ3v) is 4.26. The molecule has 0 spiro atoms. The quantitative estimate of drug-likeness (QED) is 0.688. The maximum absolute atomic E-state index is 13.2. The maximum Gasteiger partial charge on any atom is 0.126 e. The molecule has 1 aromatic rings. The van der Waals surface area contributed by atoms with Crippen molar-refractivity contribution in [2.75, 3.05) is 13.2 Å². The summed E-state index contributed by atoms with van der Waals surface area (Å²) in [6, 6.07) is 5.39. The monoisotopic (exact) mass is 295 g/mol. The van der Waals surface area contributed by atoms with Crippen LogP contribution in [0.15, 0.2) is 18.2 Å². The van der Waals surface area contributed by atoms with Gasteiger partial charge in [0.2, 0.25) is 0 Å². The Balaban J connectivity index is 1.77. The number of nitrogens with one attached hydrogen (secondary N) is 1. The van der Waals surface area contributed by atoms with Crippen molar-refractivity contribution in [3.8, 4) is 5.75 Å². The predicted molar refractivity (Wildman–Crippen MR) is 82.1 cm³/mol. The van der Waals surface area contributed by atoms with Crippen LogP contribution in [0.5, 0.6) is 5.75 Å². The van der Waals surface area contributed by atoms with E-state index in [9.17, 15) is 9.50 Å². The summed E-state index contributed by atoms with van der Waals surface area (Å²) in [6.45, 7) is 4.58. The SMILES string of the molecule is CCC(CO)(CCCOc1ccc(F)c(C)c1)NC1CC1. The standard InChI is InChI=1S/C17H26FNO2/c1-3-17(12-20,19-14-5-6-14)9-4-10-21-15-7-8-16(18)13(2)11-15/h7-8,11,14,19-20H,3-6,9-10,12H2,1-2H3. The number of hydrogen-bond acceptors (Lipinski definition) is 3. The van der Waals surface area contributed by atoms with Gasteiger partial charge in [0.25, 0.3) is 0 Å². The Bertz CT molecular complexity index is 456. The first kappa shape index (κ1) is 16.2. The first-order valence-corrected chi connectivity index (χ1v) is 7.86. The molecule has 2 N–H and O–H groups in total. The molecular weight excluding hydrogens is 269 g/mol. The van der Waals surface area contributed by atoms with E-state index in [0.29, 0.717) is 24.0 Å². The van der Waals surface area contributed by atoms with Crippen LogP contribution < -0.4 is 10.1 Å². The van der Waals surface area contributed by atoms with E-state index in [1.807, 2.05) is 0 Å². The number of hydrogen-bond donors (Lipinski definition) is 2. The number of aliphatic hydroxyl groups excluding tert-OH is 1. The van der Waals surface area contributed by atoms with Crippen LogP contribution in [-0.4, -0.2) is 29.9 Å². The summed E-state index contributed by atoms with van der Waals surface area (Å²) in [7, 11) is 0. The fourth-order valence-corrected chi connectivity index (χ4v) is 2.56. The molecule has 21 heavy (non-hydrogen) atoms. The number of rotatable bonds is 9. The first-order chi connectivity index (χ1) is 10.1. The molecule has 4 heteroatoms. The van der Waals surface area contributed by atoms with Crippen molar-refractivity contribution >= 4 is 0 Å². The highest BCUT2D eigenvalue weighted by molar-refractivity contribution is 5.28. The van der Waals surface area contributed by atoms with Crippen molar-refractivity contribution < 1.29 is 14.2 Å². The lowest BCUT2D eigenvalue weighted by Gasteiger charge is -2.32. The highest BCUT2D eigenvalue weighted by Crippen LogP contribution is 2.27. The largest absolute Gasteiger partial charge is 0.494 e. The van der Waals surface area contributed by atoms with Gasteiger partial charge in [-0.25, -0.2) is 4.39 Å². The highest BCUT2D eigenvalue weighted by atomic mass is 19.1. The third kappa shape index (κ3) is 4.68. The van der Waals surface area contributed by atoms with E-state index in [0.717, 1.165) is 19.3 Å². The summed E-state index contributed by atoms with van der Waals surface area (Å²) in [5.41, 5.74) is 0.421. The van der Waals surface area contributed by atoms with Crippen LogP contribution in [0.3, 0.4) is 0 Å². The number of benzene rings is 1. The zero-order chi connectivity index (χ0) is 15.3. The molecule has 118 valence electrons. The van der Waals surface area contributed by atoms with Crippen molar-refractivity contribution in [2.24, 2.45) is 0 Å². The molecule has 0 aromatic heterocycles. The smallest absolute Gasteiger partial charge is 0.126 e. The van der Waals surface area contributed by atoms with Crippen LogP contribution >= 0.6 is 0 Å². The van der Waals surface area contributed by atoms with Gasteiger partial charge in [-0.3, -0.25) is 0 Å². The summed E-state index contributed by atoms with van der Waals surface area (Å²) < 4.78 is 18.8. The molecule has 3 nitrogen and oxygen atoms in total. The van der Waals surface area contributed by atoms with Crippen LogP contribution in [0.4, 0.5) is 4.39 Å². The highest BCUT2D eigenvalue weighted by Gasteiger charge is 2.33. The molecule has 1 fully saturated rings. The van der Waals surface area contributed by atoms with Gasteiger partial charge in [0, 0.05) is 11.6 Å². The lowest BCUT2D eigenvalue weighted by atomic mass is 9.91. The molecule has 1 aromatic carbocycles. The van der Waals surface area contributed by atoms with Gasteiger partial charge in [-0.2, -0.15) is 0 Å². The number of aliphatic hydroxyl groups is 1. The Morgan fingerprint density at radius 1 is 1.43 bits per heavy atom. The second kappa shape index (κ2) is 7.23. The number of ether oxygens (including phenoxy) is 1. The predicted octanol–water partition coefficient (Wildman–Crippen LogP) is 3.19. The Hall–Kier alpha value is -1.13. The molecule has 0 saturated heterocycles. The second-order valence-corrected chi connectivity index (χ2v) is 6.07. The van der Waals surface area contributed by atoms with Crippen molar-refractivity contribution in [1.82, 2.24) is 5.32 Å². The number of halogens is 1. The normalized spacial score (nSPS) is 17.5. The average molecular weight is 295 g/mol. The van der Waals surface area contributed by atoms with Crippen LogP contribution in [0.2, 0.25) is 0 Å². The Morgan fingerprint density at radius 3 is 2.76 bits per heavy atom. The van der Waals surface area contributed by atoms with E-state index in [1.165, 1.54) is 18.9 Å². The first-order valence-electron chi connectivity index (χ1n) is 7.86. The van der Waals surface area contributed by atoms with Crippen molar-refractivity contribution in [1.29, 1.82) is 0 Å². The van der Waals surface area contributed by atoms with Gasteiger partial charge in [-0.1, -0.05) is 6.92 Å². The molecule has 0 aliphatic heterocycles. The molecule has 2 rings (SSSR count). The lowest BCUT2D eigenvalue weighted by molar-refractivity contribution is 0.136. The van der Waals surface area contributed by atoms with E-state index < -0.39 is 0 Å². The lowest BCUT2D eigenvalue weighted by Crippen LogP contribution is -2.49. The minimum atomic E-state index is -0.207. The Kier molecular flexibility index (Phi) is 5.59. The Morgan fingerprint density at radius 2 is 2.19 bits per heavy atom. The summed E-state index contributed by atoms with van der Waals surface area (Å²) in [5.74, 6) is 0.497. The van der Waals surface area contributed by atoms with E-state index in [-0.39, 0.29) is 18.0 Å². The van der Waals surface area contributed by atoms with Gasteiger partial charge in [0.1, 0.15) is 11.6 Å². The summed E-state index contributed by atoms with van der Waals surface area (Å²) in [6.07, 6.45) is 5.09. The molecular formula is C17H26FNO2. The van der Waals surface area contributed by atoms with Gasteiger partial charge in [0.15, 0.2) is 0 Å². The van der Waals surface area contributed by atoms with E-state index in [1.54, 1.807) is 19.1 Å². The van der Waals surface area contributed by atoms with Gasteiger partial charge in [-0.15, -0.1) is 0 Å². The summed E-state index contributed by atoms with van der Waals surface area (Å²) in [4.78, 5) is 0. The molecule has 1 unspecified atom stereocenters. The van der Waals surface area contributed by atoms with Crippen LogP contribution in [0, 0.1) is 12.7 Å². The fraction of sp³-hybridized carbons (Fsp3) is 0.647. The summed E-state index contributed by atoms with van der Waals surface area (Å²) in [5, 5.41) is 13.3. The molecule has 0 bridgehead atoms. The molecule has 0 radical (unpaired) electrons. The van der Waals surface area contributed by atoms with Crippen LogP contribution in [-0.2, 0) is 0 Å². The zero-order valence-electron chi connectivity index (χ0n) is 13.0. The van der Waals surface area contributed by atoms with Crippen molar-refractivity contribution in [3.05, 3.63) is 29.6 Å². The molecule has 1 saturated carbocycles. The molecule has 1 aliphatic rings. The van der Waals surface area contributed by atoms with Gasteiger partial charge in [0.05, 0.1) is 13.2 Å². The van der Waals surface area contributed by atoms with E-state index in [4.69, 9.17) is 4.74 Å². The van der Waals surface area contributed by atoms with Gasteiger partial charge < -0.3 is 15.2 Å². The number of aryl methyl sites for hydroxylation is 1. The minimum absolute atomic E-state index is 0.162. The van der Waals surface area contributed by atoms with Gasteiger partial charge in [-0.05, 0) is 62.8 Å². The van der Waals surface area contributed by atoms with Crippen molar-refractivity contribution in [3.63, 3.8) is 0 Å². The zero-order valence-corrected chi connectivity index (χ0v) is 13.0. The van der Waals surface area contributed by atoms with Crippen LogP contribution in [0.1, 0.15) is 44.6 Å². The topological polar surface area (TPSA) is 41.5 Å². The van der Waals surface area contributed by atoms with Crippen molar-refractivity contribution in [2.45, 2.75) is 57.5 Å². The minimum Gasteiger partial charge on any atom is -0.494 e. The molecule has 1 aliphatic carbocycles. The molecule has 0 amide bonds. The third-order valence-electron chi connectivity index (χ3n) is 4.26.